The predicted molar refractivity (Wildman–Crippen MR) is 88.6 cm³/mol. The number of fused-ring (bicyclic) bond motifs is 1. The average Bonchev–Trinajstić information content (AvgIpc) is 2.90. The number of pyridine rings is 1. The van der Waals surface area contributed by atoms with Gasteiger partial charge in [-0.15, -0.1) is 0 Å². The molecule has 116 valence electrons. The summed E-state index contributed by atoms with van der Waals surface area (Å²) in [6, 6.07) is 10.8. The van der Waals surface area contributed by atoms with Gasteiger partial charge in [-0.25, -0.2) is 4.98 Å². The van der Waals surface area contributed by atoms with E-state index in [0.717, 1.165) is 5.56 Å². The maximum Gasteiger partial charge on any atom is 0.275 e. The molecule has 0 aliphatic carbocycles. The number of hydrogen-bond acceptors (Lipinski definition) is 3. The first kappa shape index (κ1) is 14.8. The molecular formula is C17H16N4O2. The minimum absolute atomic E-state index is 0.163. The van der Waals surface area contributed by atoms with Gasteiger partial charge in [0.25, 0.3) is 5.91 Å². The number of aromatic nitrogens is 2. The van der Waals surface area contributed by atoms with E-state index in [9.17, 15) is 9.59 Å². The van der Waals surface area contributed by atoms with Crippen molar-refractivity contribution in [3.05, 3.63) is 60.0 Å². The molecule has 2 aromatic heterocycles. The van der Waals surface area contributed by atoms with Crippen LogP contribution in [0.4, 0.5) is 11.4 Å². The third-order valence-corrected chi connectivity index (χ3v) is 3.27. The first-order valence-corrected chi connectivity index (χ1v) is 7.15. The van der Waals surface area contributed by atoms with Gasteiger partial charge in [0.05, 0.1) is 0 Å². The number of carbonyl (C=O) groups excluding carboxylic acids is 2. The van der Waals surface area contributed by atoms with Crippen LogP contribution in [0.3, 0.4) is 0 Å². The van der Waals surface area contributed by atoms with E-state index >= 15 is 0 Å². The lowest BCUT2D eigenvalue weighted by atomic mass is 10.2. The van der Waals surface area contributed by atoms with Gasteiger partial charge in [0.1, 0.15) is 11.3 Å². The summed E-state index contributed by atoms with van der Waals surface area (Å²) in [4.78, 5) is 27.7. The molecule has 2 N–H and O–H groups in total. The van der Waals surface area contributed by atoms with E-state index in [-0.39, 0.29) is 11.8 Å². The highest BCUT2D eigenvalue weighted by atomic mass is 16.2. The summed E-state index contributed by atoms with van der Waals surface area (Å²) in [7, 11) is 0. The maximum atomic E-state index is 12.3. The van der Waals surface area contributed by atoms with E-state index in [2.05, 4.69) is 15.6 Å². The monoisotopic (exact) mass is 308 g/mol. The van der Waals surface area contributed by atoms with Gasteiger partial charge in [-0.05, 0) is 36.8 Å². The molecule has 0 fully saturated rings. The lowest BCUT2D eigenvalue weighted by Crippen LogP contribution is -2.13. The molecule has 3 aromatic rings. The number of imidazole rings is 1. The topological polar surface area (TPSA) is 75.5 Å². The number of carbonyl (C=O) groups is 2. The number of rotatable bonds is 3. The number of benzene rings is 1. The summed E-state index contributed by atoms with van der Waals surface area (Å²) < 4.78 is 1.82. The van der Waals surface area contributed by atoms with E-state index in [0.29, 0.717) is 22.7 Å². The highest BCUT2D eigenvalue weighted by molar-refractivity contribution is 6.03. The van der Waals surface area contributed by atoms with Gasteiger partial charge in [0, 0.05) is 30.7 Å². The zero-order valence-corrected chi connectivity index (χ0v) is 12.8. The van der Waals surface area contributed by atoms with Gasteiger partial charge in [0.2, 0.25) is 5.91 Å². The zero-order chi connectivity index (χ0) is 16.4. The molecule has 3 rings (SSSR count). The summed E-state index contributed by atoms with van der Waals surface area (Å²) in [5.74, 6) is -0.462. The Hall–Kier alpha value is -3.15. The Balaban J connectivity index is 1.81. The van der Waals surface area contributed by atoms with E-state index < -0.39 is 0 Å². The number of anilines is 2. The molecule has 0 atom stereocenters. The molecule has 0 spiro atoms. The molecule has 2 amide bonds. The molecule has 6 heteroatoms. The van der Waals surface area contributed by atoms with E-state index in [1.54, 1.807) is 30.5 Å². The Morgan fingerprint density at radius 2 is 1.78 bits per heavy atom. The second-order valence-corrected chi connectivity index (χ2v) is 5.31. The Labute approximate surface area is 133 Å². The molecule has 0 aliphatic heterocycles. The molecule has 2 heterocycles. The Morgan fingerprint density at radius 3 is 2.52 bits per heavy atom. The molecule has 1 aromatic carbocycles. The maximum absolute atomic E-state index is 12.3. The highest BCUT2D eigenvalue weighted by Crippen LogP contribution is 2.16. The highest BCUT2D eigenvalue weighted by Gasteiger charge is 2.11. The van der Waals surface area contributed by atoms with E-state index in [4.69, 9.17) is 0 Å². The second-order valence-electron chi connectivity index (χ2n) is 5.31. The fourth-order valence-electron chi connectivity index (χ4n) is 2.29. The number of nitrogens with zero attached hydrogens (tertiary/aromatic N) is 2. The molecule has 0 saturated heterocycles. The van der Waals surface area contributed by atoms with Crippen LogP contribution in [-0.2, 0) is 4.79 Å². The van der Waals surface area contributed by atoms with Crippen molar-refractivity contribution in [2.24, 2.45) is 0 Å². The van der Waals surface area contributed by atoms with Crippen LogP contribution < -0.4 is 10.6 Å². The van der Waals surface area contributed by atoms with Crippen LogP contribution in [0.15, 0.2) is 48.8 Å². The van der Waals surface area contributed by atoms with Crippen LogP contribution in [0.5, 0.6) is 0 Å². The molecule has 6 nitrogen and oxygen atoms in total. The molecule has 0 radical (unpaired) electrons. The Kier molecular flexibility index (Phi) is 3.80. The van der Waals surface area contributed by atoms with Gasteiger partial charge >= 0.3 is 0 Å². The Morgan fingerprint density at radius 1 is 1.04 bits per heavy atom. The van der Waals surface area contributed by atoms with Crippen molar-refractivity contribution in [1.29, 1.82) is 0 Å². The fourth-order valence-corrected chi connectivity index (χ4v) is 2.29. The van der Waals surface area contributed by atoms with Crippen LogP contribution >= 0.6 is 0 Å². The summed E-state index contributed by atoms with van der Waals surface area (Å²) in [5, 5.41) is 5.46. The van der Waals surface area contributed by atoms with Gasteiger partial charge in [0.15, 0.2) is 0 Å². The normalized spacial score (nSPS) is 10.5. The van der Waals surface area contributed by atoms with Crippen LogP contribution in [0, 0.1) is 6.92 Å². The lowest BCUT2D eigenvalue weighted by Gasteiger charge is -2.06. The van der Waals surface area contributed by atoms with Crippen LogP contribution in [0.2, 0.25) is 0 Å². The summed E-state index contributed by atoms with van der Waals surface area (Å²) >= 11 is 0. The largest absolute Gasteiger partial charge is 0.326 e. The van der Waals surface area contributed by atoms with Gasteiger partial charge < -0.3 is 15.0 Å². The third kappa shape index (κ3) is 3.37. The summed E-state index contributed by atoms with van der Waals surface area (Å²) in [6.07, 6.45) is 3.60. The first-order chi connectivity index (χ1) is 11.0. The molecule has 0 aliphatic rings. The van der Waals surface area contributed by atoms with E-state index in [1.807, 2.05) is 29.7 Å². The van der Waals surface area contributed by atoms with Crippen LogP contribution in [-0.4, -0.2) is 21.2 Å². The zero-order valence-electron chi connectivity index (χ0n) is 12.8. The molecule has 0 bridgehead atoms. The second kappa shape index (κ2) is 5.92. The van der Waals surface area contributed by atoms with Crippen LogP contribution in [0.25, 0.3) is 5.65 Å². The van der Waals surface area contributed by atoms with Gasteiger partial charge in [-0.3, -0.25) is 9.59 Å². The van der Waals surface area contributed by atoms with E-state index in [1.165, 1.54) is 6.92 Å². The van der Waals surface area contributed by atoms with Crippen LogP contribution in [0.1, 0.15) is 23.0 Å². The average molecular weight is 308 g/mol. The van der Waals surface area contributed by atoms with Crippen molar-refractivity contribution in [3.8, 4) is 0 Å². The van der Waals surface area contributed by atoms with Crippen molar-refractivity contribution < 1.29 is 9.59 Å². The minimum atomic E-state index is -0.300. The molecule has 0 saturated carbocycles. The number of hydrogen-bond donors (Lipinski definition) is 2. The first-order valence-electron chi connectivity index (χ1n) is 7.15. The van der Waals surface area contributed by atoms with Gasteiger partial charge in [-0.1, -0.05) is 12.1 Å². The molecular weight excluding hydrogens is 292 g/mol. The molecule has 23 heavy (non-hydrogen) atoms. The number of nitrogens with one attached hydrogen (secondary N) is 2. The quantitative estimate of drug-likeness (QED) is 0.781. The molecule has 0 unspecified atom stereocenters. The van der Waals surface area contributed by atoms with Crippen molar-refractivity contribution in [1.82, 2.24) is 9.38 Å². The predicted octanol–water partition coefficient (Wildman–Crippen LogP) is 2.85. The minimum Gasteiger partial charge on any atom is -0.326 e. The van der Waals surface area contributed by atoms with Gasteiger partial charge in [-0.2, -0.15) is 0 Å². The Bertz CT molecular complexity index is 898. The van der Waals surface area contributed by atoms with Crippen molar-refractivity contribution in [3.63, 3.8) is 0 Å². The van der Waals surface area contributed by atoms with Crippen molar-refractivity contribution in [2.75, 3.05) is 10.6 Å². The smallest absolute Gasteiger partial charge is 0.275 e. The third-order valence-electron chi connectivity index (χ3n) is 3.27. The summed E-state index contributed by atoms with van der Waals surface area (Å²) in [6.45, 7) is 3.41. The fraction of sp³-hybridized carbons (Fsp3) is 0.118. The lowest BCUT2D eigenvalue weighted by molar-refractivity contribution is -0.114. The number of aryl methyl sites for hydroxylation is 1. The summed E-state index contributed by atoms with van der Waals surface area (Å²) in [5.41, 5.74) is 3.36. The number of amides is 2. The standard InChI is InChI=1S/C17H16N4O2/c1-11-6-7-16-20-15(10-21(16)9-11)17(23)19-14-5-3-4-13(8-14)18-12(2)22/h3-10H,1-2H3,(H,18,22)(H,19,23). The van der Waals surface area contributed by atoms with Crippen molar-refractivity contribution in [2.45, 2.75) is 13.8 Å². The van der Waals surface area contributed by atoms with Crippen molar-refractivity contribution >= 4 is 28.8 Å². The SMILES string of the molecule is CC(=O)Nc1cccc(NC(=O)c2cn3cc(C)ccc3n2)c1.